The Kier molecular flexibility index (Phi) is 5.96. The molecule has 0 saturated carbocycles. The highest BCUT2D eigenvalue weighted by Gasteiger charge is 2.30. The van der Waals surface area contributed by atoms with Crippen LogP contribution >= 0.6 is 0 Å². The standard InChI is InChI=1S/C22H34N2O/c1-22(2,3)19-10-8-17(9-11-19)21(25)7-5-14-24-15-12-20-18(16-24)6-4-13-23-20/h8-11,18,20,23H,4-7,12-16H2,1-3H3/t18-,20+/m1/s1. The van der Waals surface area contributed by atoms with Crippen LogP contribution in [0, 0.1) is 5.92 Å². The van der Waals surface area contributed by atoms with E-state index in [0.29, 0.717) is 6.42 Å². The molecule has 138 valence electrons. The van der Waals surface area contributed by atoms with Crippen molar-refractivity contribution in [2.75, 3.05) is 26.2 Å². The van der Waals surface area contributed by atoms with Crippen LogP contribution in [-0.4, -0.2) is 42.9 Å². The van der Waals surface area contributed by atoms with E-state index < -0.39 is 0 Å². The van der Waals surface area contributed by atoms with Crippen LogP contribution in [0.1, 0.15) is 68.8 Å². The van der Waals surface area contributed by atoms with E-state index in [1.807, 2.05) is 12.1 Å². The lowest BCUT2D eigenvalue weighted by atomic mass is 9.85. The number of benzene rings is 1. The third-order valence-corrected chi connectivity index (χ3v) is 5.93. The van der Waals surface area contributed by atoms with E-state index in [1.54, 1.807) is 0 Å². The highest BCUT2D eigenvalue weighted by molar-refractivity contribution is 5.96. The Morgan fingerprint density at radius 1 is 1.20 bits per heavy atom. The first-order valence-electron chi connectivity index (χ1n) is 10.0. The van der Waals surface area contributed by atoms with Crippen molar-refractivity contribution in [2.24, 2.45) is 5.92 Å². The zero-order valence-corrected chi connectivity index (χ0v) is 16.2. The van der Waals surface area contributed by atoms with E-state index in [9.17, 15) is 4.79 Å². The molecule has 2 fully saturated rings. The van der Waals surface area contributed by atoms with Crippen LogP contribution in [0.2, 0.25) is 0 Å². The van der Waals surface area contributed by atoms with Crippen molar-refractivity contribution >= 4 is 5.78 Å². The minimum atomic E-state index is 0.141. The number of carbonyl (C=O) groups excluding carboxylic acids is 1. The normalized spacial score (nSPS) is 24.8. The van der Waals surface area contributed by atoms with E-state index in [1.165, 1.54) is 44.5 Å². The summed E-state index contributed by atoms with van der Waals surface area (Å²) >= 11 is 0. The summed E-state index contributed by atoms with van der Waals surface area (Å²) < 4.78 is 0. The van der Waals surface area contributed by atoms with E-state index in [4.69, 9.17) is 0 Å². The van der Waals surface area contributed by atoms with Crippen molar-refractivity contribution in [3.8, 4) is 0 Å². The summed E-state index contributed by atoms with van der Waals surface area (Å²) in [5, 5.41) is 3.67. The molecular weight excluding hydrogens is 308 g/mol. The van der Waals surface area contributed by atoms with Gasteiger partial charge < -0.3 is 10.2 Å². The Hall–Kier alpha value is -1.19. The molecule has 2 aliphatic heterocycles. The Balaban J connectivity index is 1.43. The van der Waals surface area contributed by atoms with Crippen molar-refractivity contribution in [3.63, 3.8) is 0 Å². The number of hydrogen-bond acceptors (Lipinski definition) is 3. The summed E-state index contributed by atoms with van der Waals surface area (Å²) in [5.41, 5.74) is 2.29. The number of nitrogens with one attached hydrogen (secondary N) is 1. The molecule has 0 spiro atoms. The zero-order valence-electron chi connectivity index (χ0n) is 16.2. The fraction of sp³-hybridized carbons (Fsp3) is 0.682. The summed E-state index contributed by atoms with van der Waals surface area (Å²) in [7, 11) is 0. The fourth-order valence-corrected chi connectivity index (χ4v) is 4.29. The van der Waals surface area contributed by atoms with Crippen LogP contribution in [0.4, 0.5) is 0 Å². The molecule has 0 amide bonds. The van der Waals surface area contributed by atoms with Gasteiger partial charge in [-0.1, -0.05) is 45.0 Å². The van der Waals surface area contributed by atoms with Gasteiger partial charge in [-0.25, -0.2) is 0 Å². The predicted octanol–water partition coefficient (Wildman–Crippen LogP) is 4.02. The first kappa shape index (κ1) is 18.6. The molecule has 25 heavy (non-hydrogen) atoms. The molecule has 0 aliphatic carbocycles. The largest absolute Gasteiger partial charge is 0.314 e. The predicted molar refractivity (Wildman–Crippen MR) is 104 cm³/mol. The quantitative estimate of drug-likeness (QED) is 0.820. The number of fused-ring (bicyclic) bond motifs is 1. The zero-order chi connectivity index (χ0) is 17.9. The van der Waals surface area contributed by atoms with E-state index in [0.717, 1.165) is 30.5 Å². The molecular formula is C22H34N2O. The number of likely N-dealkylation sites (tertiary alicyclic amines) is 1. The summed E-state index contributed by atoms with van der Waals surface area (Å²) in [5.74, 6) is 1.11. The van der Waals surface area contributed by atoms with Crippen LogP contribution in [0.15, 0.2) is 24.3 Å². The van der Waals surface area contributed by atoms with Crippen LogP contribution in [0.25, 0.3) is 0 Å². The average molecular weight is 343 g/mol. The maximum atomic E-state index is 12.4. The van der Waals surface area contributed by atoms with Crippen molar-refractivity contribution in [2.45, 2.75) is 64.3 Å². The second-order valence-corrected chi connectivity index (χ2v) is 8.91. The van der Waals surface area contributed by atoms with Gasteiger partial charge in [0.25, 0.3) is 0 Å². The maximum absolute atomic E-state index is 12.4. The summed E-state index contributed by atoms with van der Waals surface area (Å²) in [6.45, 7) is 11.3. The maximum Gasteiger partial charge on any atom is 0.162 e. The Labute approximate surface area is 153 Å². The van der Waals surface area contributed by atoms with Crippen LogP contribution < -0.4 is 5.32 Å². The summed E-state index contributed by atoms with van der Waals surface area (Å²) in [4.78, 5) is 15.0. The van der Waals surface area contributed by atoms with Gasteiger partial charge in [0, 0.05) is 24.6 Å². The molecule has 3 nitrogen and oxygen atoms in total. The molecule has 1 aromatic carbocycles. The van der Waals surface area contributed by atoms with Crippen molar-refractivity contribution in [1.82, 2.24) is 10.2 Å². The van der Waals surface area contributed by atoms with Crippen LogP contribution in [0.5, 0.6) is 0 Å². The third kappa shape index (κ3) is 4.92. The lowest BCUT2D eigenvalue weighted by molar-refractivity contribution is 0.0945. The smallest absolute Gasteiger partial charge is 0.162 e. The SMILES string of the molecule is CC(C)(C)c1ccc(C(=O)CCCN2CC[C@@H]3NCCC[C@@H]3C2)cc1. The second kappa shape index (κ2) is 8.01. The van der Waals surface area contributed by atoms with Gasteiger partial charge in [0.15, 0.2) is 5.78 Å². The number of piperidine rings is 2. The monoisotopic (exact) mass is 342 g/mol. The number of ketones is 1. The number of rotatable bonds is 5. The molecule has 1 aromatic rings. The molecule has 3 rings (SSSR count). The highest BCUT2D eigenvalue weighted by Crippen LogP contribution is 2.25. The molecule has 0 radical (unpaired) electrons. The highest BCUT2D eigenvalue weighted by atomic mass is 16.1. The van der Waals surface area contributed by atoms with E-state index in [-0.39, 0.29) is 11.2 Å². The Morgan fingerprint density at radius 2 is 1.96 bits per heavy atom. The first-order valence-corrected chi connectivity index (χ1v) is 10.0. The van der Waals surface area contributed by atoms with Crippen molar-refractivity contribution in [1.29, 1.82) is 0 Å². The van der Waals surface area contributed by atoms with Crippen molar-refractivity contribution < 1.29 is 4.79 Å². The van der Waals surface area contributed by atoms with Gasteiger partial charge in [0.1, 0.15) is 0 Å². The molecule has 2 heterocycles. The fourth-order valence-electron chi connectivity index (χ4n) is 4.29. The number of Topliss-reactive ketones (excluding diaryl/α,β-unsaturated/α-hetero) is 1. The van der Waals surface area contributed by atoms with Crippen LogP contribution in [-0.2, 0) is 5.41 Å². The van der Waals surface area contributed by atoms with Crippen molar-refractivity contribution in [3.05, 3.63) is 35.4 Å². The molecule has 2 saturated heterocycles. The van der Waals surface area contributed by atoms with Gasteiger partial charge in [-0.05, 0) is 62.2 Å². The minimum Gasteiger partial charge on any atom is -0.314 e. The third-order valence-electron chi connectivity index (χ3n) is 5.93. The van der Waals surface area contributed by atoms with Gasteiger partial charge in [-0.3, -0.25) is 4.79 Å². The van der Waals surface area contributed by atoms with E-state index >= 15 is 0 Å². The van der Waals surface area contributed by atoms with Gasteiger partial charge in [0.05, 0.1) is 0 Å². The molecule has 0 bridgehead atoms. The number of hydrogen-bond donors (Lipinski definition) is 1. The van der Waals surface area contributed by atoms with Gasteiger partial charge in [-0.2, -0.15) is 0 Å². The van der Waals surface area contributed by atoms with Crippen LogP contribution in [0.3, 0.4) is 0 Å². The average Bonchev–Trinajstić information content (AvgIpc) is 2.61. The molecule has 1 N–H and O–H groups in total. The summed E-state index contributed by atoms with van der Waals surface area (Å²) in [6.07, 6.45) is 5.60. The molecule has 0 aromatic heterocycles. The molecule has 2 aliphatic rings. The number of nitrogens with zero attached hydrogens (tertiary/aromatic N) is 1. The molecule has 3 heteroatoms. The lowest BCUT2D eigenvalue weighted by Gasteiger charge is -2.41. The Bertz CT molecular complexity index is 573. The molecule has 2 atom stereocenters. The topological polar surface area (TPSA) is 32.3 Å². The minimum absolute atomic E-state index is 0.141. The number of carbonyl (C=O) groups is 1. The lowest BCUT2D eigenvalue weighted by Crippen LogP contribution is -2.52. The second-order valence-electron chi connectivity index (χ2n) is 8.91. The van der Waals surface area contributed by atoms with Gasteiger partial charge >= 0.3 is 0 Å². The van der Waals surface area contributed by atoms with Gasteiger partial charge in [0.2, 0.25) is 0 Å². The first-order chi connectivity index (χ1) is 11.9. The molecule has 0 unspecified atom stereocenters. The Morgan fingerprint density at radius 3 is 2.68 bits per heavy atom. The van der Waals surface area contributed by atoms with Gasteiger partial charge in [-0.15, -0.1) is 0 Å². The summed E-state index contributed by atoms with van der Waals surface area (Å²) in [6, 6.07) is 8.96. The van der Waals surface area contributed by atoms with E-state index in [2.05, 4.69) is 43.1 Å².